The predicted molar refractivity (Wildman–Crippen MR) is 76.4 cm³/mol. The van der Waals surface area contributed by atoms with Crippen LogP contribution >= 0.6 is 0 Å². The Hall–Kier alpha value is -0.910. The molecule has 2 N–H and O–H groups in total. The SMILES string of the molecule is CCCCCNS(=O)(=O)c1cccc(C(O)CC)c1. The van der Waals surface area contributed by atoms with Gasteiger partial charge in [-0.25, -0.2) is 13.1 Å². The molecule has 19 heavy (non-hydrogen) atoms. The molecular formula is C14H23NO3S. The molecule has 5 heteroatoms. The highest BCUT2D eigenvalue weighted by molar-refractivity contribution is 7.89. The molecule has 1 aromatic rings. The Morgan fingerprint density at radius 3 is 2.63 bits per heavy atom. The number of unbranched alkanes of at least 4 members (excludes halogenated alkanes) is 2. The van der Waals surface area contributed by atoms with Gasteiger partial charge in [0.25, 0.3) is 0 Å². The summed E-state index contributed by atoms with van der Waals surface area (Å²) in [4.78, 5) is 0.217. The molecule has 1 rings (SSSR count). The summed E-state index contributed by atoms with van der Waals surface area (Å²) in [7, 11) is -3.47. The average molecular weight is 285 g/mol. The van der Waals surface area contributed by atoms with E-state index in [1.54, 1.807) is 18.2 Å². The number of hydrogen-bond acceptors (Lipinski definition) is 3. The number of aliphatic hydroxyl groups excluding tert-OH is 1. The lowest BCUT2D eigenvalue weighted by Crippen LogP contribution is -2.24. The van der Waals surface area contributed by atoms with Crippen molar-refractivity contribution < 1.29 is 13.5 Å². The molecular weight excluding hydrogens is 262 g/mol. The Balaban J connectivity index is 2.77. The number of rotatable bonds is 8. The zero-order chi connectivity index (χ0) is 14.3. The van der Waals surface area contributed by atoms with Crippen molar-refractivity contribution in [2.24, 2.45) is 0 Å². The summed E-state index contributed by atoms with van der Waals surface area (Å²) in [6.07, 6.45) is 2.85. The largest absolute Gasteiger partial charge is 0.388 e. The first-order valence-electron chi connectivity index (χ1n) is 6.79. The predicted octanol–water partition coefficient (Wildman–Crippen LogP) is 2.60. The van der Waals surface area contributed by atoms with Crippen LogP contribution in [0.3, 0.4) is 0 Å². The zero-order valence-electron chi connectivity index (χ0n) is 11.6. The van der Waals surface area contributed by atoms with E-state index in [-0.39, 0.29) is 4.90 Å². The maximum atomic E-state index is 12.1. The highest BCUT2D eigenvalue weighted by atomic mass is 32.2. The van der Waals surface area contributed by atoms with Crippen molar-refractivity contribution in [3.05, 3.63) is 29.8 Å². The van der Waals surface area contributed by atoms with E-state index < -0.39 is 16.1 Å². The molecule has 1 unspecified atom stereocenters. The molecule has 0 heterocycles. The molecule has 0 radical (unpaired) electrons. The minimum absolute atomic E-state index is 0.217. The monoisotopic (exact) mass is 285 g/mol. The van der Waals surface area contributed by atoms with E-state index >= 15 is 0 Å². The van der Waals surface area contributed by atoms with E-state index in [0.29, 0.717) is 18.5 Å². The lowest BCUT2D eigenvalue weighted by Gasteiger charge is -2.11. The number of hydrogen-bond donors (Lipinski definition) is 2. The number of sulfonamides is 1. The molecule has 1 atom stereocenters. The minimum Gasteiger partial charge on any atom is -0.388 e. The third-order valence-electron chi connectivity index (χ3n) is 3.01. The van der Waals surface area contributed by atoms with E-state index in [1.807, 2.05) is 6.92 Å². The van der Waals surface area contributed by atoms with Crippen LogP contribution in [0.15, 0.2) is 29.2 Å². The molecule has 0 aliphatic heterocycles. The maximum absolute atomic E-state index is 12.1. The minimum atomic E-state index is -3.47. The summed E-state index contributed by atoms with van der Waals surface area (Å²) in [5.41, 5.74) is 0.638. The van der Waals surface area contributed by atoms with Crippen LogP contribution in [0.25, 0.3) is 0 Å². The van der Waals surface area contributed by atoms with Gasteiger partial charge in [0.1, 0.15) is 0 Å². The molecule has 0 bridgehead atoms. The second kappa shape index (κ2) is 7.62. The normalized spacial score (nSPS) is 13.4. The van der Waals surface area contributed by atoms with Crippen LogP contribution in [-0.2, 0) is 10.0 Å². The molecule has 0 aliphatic carbocycles. The fourth-order valence-electron chi connectivity index (χ4n) is 1.79. The first-order chi connectivity index (χ1) is 9.01. The van der Waals surface area contributed by atoms with Crippen LogP contribution in [-0.4, -0.2) is 20.1 Å². The molecule has 0 spiro atoms. The average Bonchev–Trinajstić information content (AvgIpc) is 2.43. The van der Waals surface area contributed by atoms with Crippen molar-refractivity contribution in [2.45, 2.75) is 50.5 Å². The molecule has 0 aromatic heterocycles. The highest BCUT2D eigenvalue weighted by Gasteiger charge is 2.15. The van der Waals surface area contributed by atoms with Gasteiger partial charge >= 0.3 is 0 Å². The Morgan fingerprint density at radius 1 is 1.26 bits per heavy atom. The van der Waals surface area contributed by atoms with Gasteiger partial charge < -0.3 is 5.11 Å². The first kappa shape index (κ1) is 16.1. The standard InChI is InChI=1S/C14H23NO3S/c1-3-5-6-10-15-19(17,18)13-9-7-8-12(11-13)14(16)4-2/h7-9,11,14-16H,3-6,10H2,1-2H3. The Labute approximate surface area is 115 Å². The summed E-state index contributed by atoms with van der Waals surface area (Å²) in [5.74, 6) is 0. The number of nitrogens with one attached hydrogen (secondary N) is 1. The van der Waals surface area contributed by atoms with Gasteiger partial charge in [0.2, 0.25) is 10.0 Å². The Morgan fingerprint density at radius 2 is 2.00 bits per heavy atom. The quantitative estimate of drug-likeness (QED) is 0.721. The van der Waals surface area contributed by atoms with Crippen LogP contribution in [0.4, 0.5) is 0 Å². The fourth-order valence-corrected chi connectivity index (χ4v) is 2.92. The first-order valence-corrected chi connectivity index (χ1v) is 8.27. The molecule has 0 saturated carbocycles. The third kappa shape index (κ3) is 4.93. The molecule has 4 nitrogen and oxygen atoms in total. The third-order valence-corrected chi connectivity index (χ3v) is 4.47. The van der Waals surface area contributed by atoms with Gasteiger partial charge in [-0.3, -0.25) is 0 Å². The maximum Gasteiger partial charge on any atom is 0.240 e. The van der Waals surface area contributed by atoms with Crippen LogP contribution in [0.1, 0.15) is 51.2 Å². The number of benzene rings is 1. The lowest BCUT2D eigenvalue weighted by molar-refractivity contribution is 0.173. The summed E-state index contributed by atoms with van der Waals surface area (Å²) in [6.45, 7) is 4.38. The molecule has 0 amide bonds. The summed E-state index contributed by atoms with van der Waals surface area (Å²) >= 11 is 0. The zero-order valence-corrected chi connectivity index (χ0v) is 12.4. The van der Waals surface area contributed by atoms with Crippen LogP contribution in [0.2, 0.25) is 0 Å². The second-order valence-corrected chi connectivity index (χ2v) is 6.37. The molecule has 0 fully saturated rings. The summed E-state index contributed by atoms with van der Waals surface area (Å²) < 4.78 is 26.7. The van der Waals surface area contributed by atoms with Crippen molar-refractivity contribution >= 4 is 10.0 Å². The van der Waals surface area contributed by atoms with Crippen LogP contribution in [0.5, 0.6) is 0 Å². The molecule has 0 aliphatic rings. The van der Waals surface area contributed by atoms with Gasteiger partial charge in [-0.05, 0) is 30.5 Å². The van der Waals surface area contributed by atoms with Crippen LogP contribution in [0, 0.1) is 0 Å². The second-order valence-electron chi connectivity index (χ2n) is 4.60. The van der Waals surface area contributed by atoms with Gasteiger partial charge in [0, 0.05) is 6.54 Å². The van der Waals surface area contributed by atoms with E-state index in [9.17, 15) is 13.5 Å². The van der Waals surface area contributed by atoms with Gasteiger partial charge in [-0.2, -0.15) is 0 Å². The van der Waals surface area contributed by atoms with Crippen molar-refractivity contribution in [1.29, 1.82) is 0 Å². The van der Waals surface area contributed by atoms with Crippen molar-refractivity contribution in [3.8, 4) is 0 Å². The van der Waals surface area contributed by atoms with E-state index in [2.05, 4.69) is 11.6 Å². The highest BCUT2D eigenvalue weighted by Crippen LogP contribution is 2.19. The molecule has 108 valence electrons. The Kier molecular flexibility index (Phi) is 6.48. The van der Waals surface area contributed by atoms with E-state index in [0.717, 1.165) is 19.3 Å². The van der Waals surface area contributed by atoms with Gasteiger partial charge in [0.05, 0.1) is 11.0 Å². The Bertz CT molecular complexity index is 485. The van der Waals surface area contributed by atoms with Crippen LogP contribution < -0.4 is 4.72 Å². The fraction of sp³-hybridized carbons (Fsp3) is 0.571. The van der Waals surface area contributed by atoms with Crippen molar-refractivity contribution in [3.63, 3.8) is 0 Å². The summed E-state index contributed by atoms with van der Waals surface area (Å²) in [6, 6.07) is 6.49. The van der Waals surface area contributed by atoms with Gasteiger partial charge in [-0.1, -0.05) is 38.8 Å². The van der Waals surface area contributed by atoms with Gasteiger partial charge in [-0.15, -0.1) is 0 Å². The lowest BCUT2D eigenvalue weighted by atomic mass is 10.1. The smallest absolute Gasteiger partial charge is 0.240 e. The topological polar surface area (TPSA) is 66.4 Å². The van der Waals surface area contributed by atoms with Crippen molar-refractivity contribution in [2.75, 3.05) is 6.54 Å². The summed E-state index contributed by atoms with van der Waals surface area (Å²) in [5, 5.41) is 9.75. The number of aliphatic hydroxyl groups is 1. The molecule has 0 saturated heterocycles. The van der Waals surface area contributed by atoms with Crippen molar-refractivity contribution in [1.82, 2.24) is 4.72 Å². The van der Waals surface area contributed by atoms with E-state index in [4.69, 9.17) is 0 Å². The molecule has 1 aromatic carbocycles. The van der Waals surface area contributed by atoms with Gasteiger partial charge in [0.15, 0.2) is 0 Å². The van der Waals surface area contributed by atoms with E-state index in [1.165, 1.54) is 6.07 Å².